The van der Waals surface area contributed by atoms with E-state index in [9.17, 15) is 14.4 Å². The van der Waals surface area contributed by atoms with Gasteiger partial charge in [-0.05, 0) is 17.7 Å². The van der Waals surface area contributed by atoms with E-state index in [1.165, 1.54) is 18.9 Å². The van der Waals surface area contributed by atoms with Crippen molar-refractivity contribution in [2.24, 2.45) is 4.99 Å². The third-order valence-electron chi connectivity index (χ3n) is 4.57. The second kappa shape index (κ2) is 8.67. The molecule has 0 aliphatic heterocycles. The Morgan fingerprint density at radius 3 is 2.46 bits per heavy atom. The molecule has 7 heteroatoms. The van der Waals surface area contributed by atoms with Crippen molar-refractivity contribution in [2.75, 3.05) is 20.3 Å². The Hall–Kier alpha value is -3.19. The third-order valence-corrected chi connectivity index (χ3v) is 4.57. The number of ether oxygens (including phenoxy) is 1. The van der Waals surface area contributed by atoms with Crippen LogP contribution in [0.5, 0.6) is 0 Å². The molecule has 0 fully saturated rings. The second-order valence-electron chi connectivity index (χ2n) is 6.40. The Labute approximate surface area is 163 Å². The van der Waals surface area contributed by atoms with Gasteiger partial charge in [0.05, 0.1) is 13.2 Å². The molecule has 7 nitrogen and oxygen atoms in total. The van der Waals surface area contributed by atoms with Crippen molar-refractivity contribution in [1.82, 2.24) is 9.88 Å². The first-order valence-electron chi connectivity index (χ1n) is 8.92. The number of carbonyl (C=O) groups excluding carboxylic acids is 3. The van der Waals surface area contributed by atoms with Crippen molar-refractivity contribution in [3.05, 3.63) is 65.5 Å². The van der Waals surface area contributed by atoms with Crippen LogP contribution < -0.4 is 0 Å². The lowest BCUT2D eigenvalue weighted by atomic mass is 9.83. The van der Waals surface area contributed by atoms with Crippen LogP contribution in [0.1, 0.15) is 33.2 Å². The van der Waals surface area contributed by atoms with Gasteiger partial charge in [-0.15, -0.1) is 0 Å². The molecule has 3 rings (SSSR count). The van der Waals surface area contributed by atoms with Gasteiger partial charge in [0, 0.05) is 44.1 Å². The zero-order valence-electron chi connectivity index (χ0n) is 15.8. The summed E-state index contributed by atoms with van der Waals surface area (Å²) in [6, 6.07) is 9.09. The molecule has 0 saturated heterocycles. The van der Waals surface area contributed by atoms with E-state index in [1.54, 1.807) is 48.8 Å². The van der Waals surface area contributed by atoms with Gasteiger partial charge in [0.25, 0.3) is 0 Å². The fraction of sp³-hybridized carbons (Fsp3) is 0.286. The Balaban J connectivity index is 2.07. The largest absolute Gasteiger partial charge is 0.383 e. The van der Waals surface area contributed by atoms with Crippen LogP contribution in [0.3, 0.4) is 0 Å². The van der Waals surface area contributed by atoms with E-state index in [4.69, 9.17) is 4.74 Å². The topological polar surface area (TPSA) is 88.9 Å². The van der Waals surface area contributed by atoms with E-state index in [-0.39, 0.29) is 36.3 Å². The minimum absolute atomic E-state index is 0.0741. The highest BCUT2D eigenvalue weighted by atomic mass is 16.5. The van der Waals surface area contributed by atoms with Crippen molar-refractivity contribution in [3.8, 4) is 0 Å². The molecule has 1 aliphatic rings. The van der Waals surface area contributed by atoms with Gasteiger partial charge < -0.3 is 9.64 Å². The van der Waals surface area contributed by atoms with Crippen LogP contribution in [0.15, 0.2) is 53.8 Å². The highest BCUT2D eigenvalue weighted by Gasteiger charge is 2.42. The summed E-state index contributed by atoms with van der Waals surface area (Å²) in [4.78, 5) is 48.5. The summed E-state index contributed by atoms with van der Waals surface area (Å²) in [6.45, 7) is 2.09. The fourth-order valence-corrected chi connectivity index (χ4v) is 3.20. The minimum atomic E-state index is -1.06. The molecular weight excluding hydrogens is 358 g/mol. The highest BCUT2D eigenvalue weighted by molar-refractivity contribution is 6.55. The lowest BCUT2D eigenvalue weighted by Gasteiger charge is -2.33. The minimum Gasteiger partial charge on any atom is -0.383 e. The fourth-order valence-electron chi connectivity index (χ4n) is 3.20. The first-order valence-corrected chi connectivity index (χ1v) is 8.92. The maximum absolute atomic E-state index is 13.3. The van der Waals surface area contributed by atoms with E-state index >= 15 is 0 Å². The SMILES string of the molecule is COCCN=C1C(=O)c2ccccc2C(=O)C1N(Cc1ccncc1)C(C)=O. The molecule has 1 amide bonds. The van der Waals surface area contributed by atoms with Crippen LogP contribution in [0.2, 0.25) is 0 Å². The summed E-state index contributed by atoms with van der Waals surface area (Å²) in [5, 5.41) is 0. The van der Waals surface area contributed by atoms with Gasteiger partial charge >= 0.3 is 0 Å². The second-order valence-corrected chi connectivity index (χ2v) is 6.40. The molecule has 1 atom stereocenters. The number of hydrogen-bond acceptors (Lipinski definition) is 6. The number of benzene rings is 1. The number of fused-ring (bicyclic) bond motifs is 1. The van der Waals surface area contributed by atoms with Gasteiger partial charge in [-0.25, -0.2) is 0 Å². The van der Waals surface area contributed by atoms with Crippen LogP contribution in [-0.4, -0.2) is 59.4 Å². The summed E-state index contributed by atoms with van der Waals surface area (Å²) in [7, 11) is 1.53. The molecule has 1 aromatic heterocycles. The van der Waals surface area contributed by atoms with Crippen molar-refractivity contribution < 1.29 is 19.1 Å². The number of nitrogens with zero attached hydrogens (tertiary/aromatic N) is 3. The highest BCUT2D eigenvalue weighted by Crippen LogP contribution is 2.25. The summed E-state index contributed by atoms with van der Waals surface area (Å²) >= 11 is 0. The van der Waals surface area contributed by atoms with Gasteiger partial charge in [0.1, 0.15) is 11.8 Å². The van der Waals surface area contributed by atoms with Crippen LogP contribution in [0.4, 0.5) is 0 Å². The molecule has 1 aliphatic carbocycles. The van der Waals surface area contributed by atoms with Crippen molar-refractivity contribution in [3.63, 3.8) is 0 Å². The van der Waals surface area contributed by atoms with Crippen LogP contribution >= 0.6 is 0 Å². The molecule has 0 saturated carbocycles. The first kappa shape index (κ1) is 19.6. The number of ketones is 2. The van der Waals surface area contributed by atoms with Crippen LogP contribution in [0.25, 0.3) is 0 Å². The predicted molar refractivity (Wildman–Crippen MR) is 104 cm³/mol. The lowest BCUT2D eigenvalue weighted by Crippen LogP contribution is -2.54. The molecule has 2 aromatic rings. The zero-order valence-corrected chi connectivity index (χ0v) is 15.8. The maximum Gasteiger partial charge on any atom is 0.220 e. The molecule has 1 aromatic carbocycles. The van der Waals surface area contributed by atoms with Gasteiger partial charge in [-0.1, -0.05) is 24.3 Å². The quantitative estimate of drug-likeness (QED) is 0.716. The van der Waals surface area contributed by atoms with E-state index in [0.717, 1.165) is 5.56 Å². The van der Waals surface area contributed by atoms with Crippen molar-refractivity contribution in [1.29, 1.82) is 0 Å². The maximum atomic E-state index is 13.3. The van der Waals surface area contributed by atoms with Gasteiger partial charge in [-0.3, -0.25) is 24.4 Å². The number of Topliss-reactive ketones (excluding diaryl/α,β-unsaturated/α-hetero) is 2. The molecule has 144 valence electrons. The molecule has 0 bridgehead atoms. The summed E-state index contributed by atoms with van der Waals surface area (Å²) < 4.78 is 5.01. The van der Waals surface area contributed by atoms with Gasteiger partial charge in [0.15, 0.2) is 5.78 Å². The summed E-state index contributed by atoms with van der Waals surface area (Å²) in [5.41, 5.74) is 1.50. The Kier molecular flexibility index (Phi) is 6.06. The van der Waals surface area contributed by atoms with Crippen LogP contribution in [-0.2, 0) is 16.1 Å². The summed E-state index contributed by atoms with van der Waals surface area (Å²) in [6.07, 6.45) is 3.23. The monoisotopic (exact) mass is 379 g/mol. The number of carbonyl (C=O) groups is 3. The van der Waals surface area contributed by atoms with E-state index in [1.807, 2.05) is 0 Å². The standard InChI is InChI=1S/C21H21N3O4/c1-14(25)24(13-15-7-9-22-10-8-15)19-18(23-11-12-28-2)20(26)16-5-3-4-6-17(16)21(19)27/h3-10,19H,11-13H2,1-2H3. The number of aliphatic imine (C=N–C) groups is 1. The predicted octanol–water partition coefficient (Wildman–Crippen LogP) is 1.97. The average molecular weight is 379 g/mol. The molecule has 1 unspecified atom stereocenters. The number of rotatable bonds is 6. The van der Waals surface area contributed by atoms with E-state index in [2.05, 4.69) is 9.98 Å². The Bertz CT molecular complexity index is 924. The number of amides is 1. The number of pyridine rings is 1. The van der Waals surface area contributed by atoms with E-state index < -0.39 is 6.04 Å². The number of methoxy groups -OCH3 is 1. The Morgan fingerprint density at radius 2 is 1.82 bits per heavy atom. The number of hydrogen-bond donors (Lipinski definition) is 0. The van der Waals surface area contributed by atoms with Gasteiger partial charge in [0.2, 0.25) is 11.7 Å². The molecule has 1 heterocycles. The molecule has 0 radical (unpaired) electrons. The Morgan fingerprint density at radius 1 is 1.14 bits per heavy atom. The van der Waals surface area contributed by atoms with E-state index in [0.29, 0.717) is 17.7 Å². The van der Waals surface area contributed by atoms with Crippen molar-refractivity contribution in [2.45, 2.75) is 19.5 Å². The smallest absolute Gasteiger partial charge is 0.220 e. The normalized spacial score (nSPS) is 17.5. The third kappa shape index (κ3) is 3.89. The average Bonchev–Trinajstić information content (AvgIpc) is 2.71. The van der Waals surface area contributed by atoms with Crippen molar-refractivity contribution >= 4 is 23.2 Å². The molecule has 28 heavy (non-hydrogen) atoms. The first-order chi connectivity index (χ1) is 13.5. The molecule has 0 spiro atoms. The molecular formula is C21H21N3O4. The zero-order chi connectivity index (χ0) is 20.1. The molecule has 0 N–H and O–H groups in total. The lowest BCUT2D eigenvalue weighted by molar-refractivity contribution is -0.129. The van der Waals surface area contributed by atoms with Crippen LogP contribution in [0, 0.1) is 0 Å². The number of aromatic nitrogens is 1. The van der Waals surface area contributed by atoms with Gasteiger partial charge in [-0.2, -0.15) is 0 Å². The summed E-state index contributed by atoms with van der Waals surface area (Å²) in [5.74, 6) is -0.963.